The van der Waals surface area contributed by atoms with Crippen LogP contribution < -0.4 is 11.1 Å². The number of aryl methyl sites for hydroxylation is 1. The van der Waals surface area contributed by atoms with Gasteiger partial charge in [-0.25, -0.2) is 0 Å². The zero-order chi connectivity index (χ0) is 12.4. The highest BCUT2D eigenvalue weighted by atomic mass is 35.5. The molecule has 1 aromatic rings. The van der Waals surface area contributed by atoms with Crippen molar-refractivity contribution >= 4 is 18.3 Å². The van der Waals surface area contributed by atoms with E-state index in [4.69, 9.17) is 5.73 Å². The lowest BCUT2D eigenvalue weighted by atomic mass is 9.92. The van der Waals surface area contributed by atoms with Crippen molar-refractivity contribution in [3.63, 3.8) is 0 Å². The first-order chi connectivity index (χ1) is 8.08. The molecule has 0 spiro atoms. The van der Waals surface area contributed by atoms with Gasteiger partial charge >= 0.3 is 0 Å². The number of halogens is 1. The molecule has 1 saturated carbocycles. The van der Waals surface area contributed by atoms with E-state index >= 15 is 0 Å². The largest absolute Gasteiger partial charge is 0.348 e. The summed E-state index contributed by atoms with van der Waals surface area (Å²) in [4.78, 5) is 12.1. The van der Waals surface area contributed by atoms with Crippen LogP contribution in [0.25, 0.3) is 0 Å². The standard InChI is InChI=1S/C13H21N3O.ClH/c1-9-3-8-12(16(9)2)13(17)15-11-6-4-10(14)5-7-11;/h3,8,10-11H,4-7,14H2,1-2H3,(H,15,17);1H. The van der Waals surface area contributed by atoms with Gasteiger partial charge in [-0.3, -0.25) is 4.79 Å². The predicted molar refractivity (Wildman–Crippen MR) is 75.1 cm³/mol. The molecule has 0 atom stereocenters. The molecule has 0 unspecified atom stereocenters. The fourth-order valence-corrected chi connectivity index (χ4v) is 2.36. The Bertz CT molecular complexity index is 408. The average molecular weight is 272 g/mol. The number of nitrogens with two attached hydrogens (primary N) is 1. The van der Waals surface area contributed by atoms with Crippen LogP contribution in [0.3, 0.4) is 0 Å². The van der Waals surface area contributed by atoms with Crippen molar-refractivity contribution in [3.05, 3.63) is 23.5 Å². The second-order valence-corrected chi connectivity index (χ2v) is 5.00. The summed E-state index contributed by atoms with van der Waals surface area (Å²) < 4.78 is 1.92. The Morgan fingerprint density at radius 2 is 1.94 bits per heavy atom. The number of nitrogens with zero attached hydrogens (tertiary/aromatic N) is 1. The lowest BCUT2D eigenvalue weighted by Gasteiger charge is -2.26. The molecule has 2 rings (SSSR count). The zero-order valence-electron chi connectivity index (χ0n) is 11.0. The van der Waals surface area contributed by atoms with Gasteiger partial charge in [-0.15, -0.1) is 12.4 Å². The van der Waals surface area contributed by atoms with Gasteiger partial charge in [0.05, 0.1) is 0 Å². The summed E-state index contributed by atoms with van der Waals surface area (Å²) >= 11 is 0. The number of hydrogen-bond donors (Lipinski definition) is 2. The first-order valence-corrected chi connectivity index (χ1v) is 6.26. The molecule has 3 N–H and O–H groups in total. The summed E-state index contributed by atoms with van der Waals surface area (Å²) in [7, 11) is 1.92. The summed E-state index contributed by atoms with van der Waals surface area (Å²) in [5.41, 5.74) is 7.68. The molecule has 0 radical (unpaired) electrons. The summed E-state index contributed by atoms with van der Waals surface area (Å²) in [6.45, 7) is 2.00. The van der Waals surface area contributed by atoms with E-state index in [0.29, 0.717) is 6.04 Å². The molecule has 1 aromatic heterocycles. The normalized spacial score (nSPS) is 23.3. The highest BCUT2D eigenvalue weighted by Gasteiger charge is 2.21. The predicted octanol–water partition coefficient (Wildman–Crippen LogP) is 1.76. The number of aromatic nitrogens is 1. The van der Waals surface area contributed by atoms with Gasteiger partial charge in [-0.05, 0) is 44.7 Å². The van der Waals surface area contributed by atoms with Gasteiger partial charge in [0.25, 0.3) is 5.91 Å². The van der Waals surface area contributed by atoms with E-state index in [1.54, 1.807) is 0 Å². The van der Waals surface area contributed by atoms with E-state index in [1.807, 2.05) is 30.7 Å². The molecule has 1 amide bonds. The van der Waals surface area contributed by atoms with E-state index in [-0.39, 0.29) is 24.4 Å². The zero-order valence-corrected chi connectivity index (χ0v) is 11.8. The van der Waals surface area contributed by atoms with Gasteiger partial charge in [0.1, 0.15) is 5.69 Å². The molecule has 1 heterocycles. The molecule has 0 aromatic carbocycles. The molecule has 102 valence electrons. The minimum absolute atomic E-state index is 0. The quantitative estimate of drug-likeness (QED) is 0.861. The maximum absolute atomic E-state index is 12.1. The molecule has 0 bridgehead atoms. The van der Waals surface area contributed by atoms with Gasteiger partial charge in [0.2, 0.25) is 0 Å². The highest BCUT2D eigenvalue weighted by molar-refractivity contribution is 5.93. The Labute approximate surface area is 114 Å². The topological polar surface area (TPSA) is 60.1 Å². The van der Waals surface area contributed by atoms with Crippen LogP contribution in [0.15, 0.2) is 12.1 Å². The van der Waals surface area contributed by atoms with Crippen LogP contribution in [0.4, 0.5) is 0 Å². The number of carbonyl (C=O) groups excluding carboxylic acids is 1. The summed E-state index contributed by atoms with van der Waals surface area (Å²) in [6.07, 6.45) is 4.01. The lowest BCUT2D eigenvalue weighted by Crippen LogP contribution is -2.41. The van der Waals surface area contributed by atoms with Gasteiger partial charge in [-0.1, -0.05) is 0 Å². The molecular weight excluding hydrogens is 250 g/mol. The van der Waals surface area contributed by atoms with E-state index in [0.717, 1.165) is 37.1 Å². The molecule has 1 fully saturated rings. The third kappa shape index (κ3) is 3.27. The minimum Gasteiger partial charge on any atom is -0.348 e. The second-order valence-electron chi connectivity index (χ2n) is 5.00. The second kappa shape index (κ2) is 6.25. The highest BCUT2D eigenvalue weighted by Crippen LogP contribution is 2.17. The van der Waals surface area contributed by atoms with Crippen molar-refractivity contribution in [2.75, 3.05) is 0 Å². The van der Waals surface area contributed by atoms with Gasteiger partial charge in [0.15, 0.2) is 0 Å². The molecule has 4 nitrogen and oxygen atoms in total. The SMILES string of the molecule is Cc1ccc(C(=O)NC2CCC(N)CC2)n1C.Cl. The van der Waals surface area contributed by atoms with E-state index < -0.39 is 0 Å². The molecule has 5 heteroatoms. The number of rotatable bonds is 2. The third-order valence-corrected chi connectivity index (χ3v) is 3.71. The first kappa shape index (κ1) is 15.1. The molecule has 1 aliphatic carbocycles. The average Bonchev–Trinajstić information content (AvgIpc) is 2.63. The van der Waals surface area contributed by atoms with Crippen LogP contribution in [0.2, 0.25) is 0 Å². The van der Waals surface area contributed by atoms with Crippen molar-refractivity contribution in [3.8, 4) is 0 Å². The summed E-state index contributed by atoms with van der Waals surface area (Å²) in [5.74, 6) is 0.0288. The van der Waals surface area contributed by atoms with Crippen molar-refractivity contribution in [1.82, 2.24) is 9.88 Å². The fourth-order valence-electron chi connectivity index (χ4n) is 2.36. The summed E-state index contributed by atoms with van der Waals surface area (Å²) in [6, 6.07) is 4.45. The first-order valence-electron chi connectivity index (χ1n) is 6.26. The number of nitrogens with one attached hydrogen (secondary N) is 1. The van der Waals surface area contributed by atoms with Crippen molar-refractivity contribution in [1.29, 1.82) is 0 Å². The Kier molecular flexibility index (Phi) is 5.23. The van der Waals surface area contributed by atoms with Gasteiger partial charge in [-0.2, -0.15) is 0 Å². The summed E-state index contributed by atoms with van der Waals surface area (Å²) in [5, 5.41) is 3.09. The van der Waals surface area contributed by atoms with Crippen molar-refractivity contribution < 1.29 is 4.79 Å². The van der Waals surface area contributed by atoms with E-state index in [2.05, 4.69) is 5.32 Å². The van der Waals surface area contributed by atoms with Crippen LogP contribution in [0.1, 0.15) is 41.9 Å². The Morgan fingerprint density at radius 3 is 2.44 bits per heavy atom. The fraction of sp³-hybridized carbons (Fsp3) is 0.615. The molecular formula is C13H22ClN3O. The van der Waals surface area contributed by atoms with E-state index in [9.17, 15) is 4.79 Å². The molecule has 18 heavy (non-hydrogen) atoms. The molecule has 0 aliphatic heterocycles. The van der Waals surface area contributed by atoms with Crippen molar-refractivity contribution in [2.45, 2.75) is 44.7 Å². The smallest absolute Gasteiger partial charge is 0.268 e. The van der Waals surface area contributed by atoms with Crippen LogP contribution in [-0.4, -0.2) is 22.6 Å². The van der Waals surface area contributed by atoms with E-state index in [1.165, 1.54) is 0 Å². The van der Waals surface area contributed by atoms with Gasteiger partial charge < -0.3 is 15.6 Å². The third-order valence-electron chi connectivity index (χ3n) is 3.71. The Balaban J connectivity index is 0.00000162. The van der Waals surface area contributed by atoms with Crippen LogP contribution >= 0.6 is 12.4 Å². The molecule has 0 saturated heterocycles. The lowest BCUT2D eigenvalue weighted by molar-refractivity contribution is 0.0917. The van der Waals surface area contributed by atoms with Crippen LogP contribution in [0, 0.1) is 6.92 Å². The number of amides is 1. The monoisotopic (exact) mass is 271 g/mol. The number of carbonyl (C=O) groups is 1. The maximum atomic E-state index is 12.1. The van der Waals surface area contributed by atoms with Gasteiger partial charge in [0, 0.05) is 24.8 Å². The Hall–Kier alpha value is -1.00. The Morgan fingerprint density at radius 1 is 1.33 bits per heavy atom. The van der Waals surface area contributed by atoms with Crippen LogP contribution in [-0.2, 0) is 7.05 Å². The molecule has 1 aliphatic rings. The maximum Gasteiger partial charge on any atom is 0.268 e. The minimum atomic E-state index is 0. The number of hydrogen-bond acceptors (Lipinski definition) is 2. The van der Waals surface area contributed by atoms with Crippen molar-refractivity contribution in [2.24, 2.45) is 12.8 Å². The van der Waals surface area contributed by atoms with Crippen LogP contribution in [0.5, 0.6) is 0 Å².